The maximum absolute atomic E-state index is 12.8. The van der Waals surface area contributed by atoms with Gasteiger partial charge in [0, 0.05) is 5.56 Å². The molecule has 2 aromatic carbocycles. The molecule has 0 spiro atoms. The first-order valence-electron chi connectivity index (χ1n) is 5.98. The number of carbonyl (C=O) groups excluding carboxylic acids is 2. The summed E-state index contributed by atoms with van der Waals surface area (Å²) in [6, 6.07) is 12.8. The van der Waals surface area contributed by atoms with Crippen LogP contribution in [0.25, 0.3) is 0 Å². The van der Waals surface area contributed by atoms with Gasteiger partial charge in [0.25, 0.3) is 5.91 Å². The molecule has 0 saturated carbocycles. The molecule has 5 heteroatoms. The summed E-state index contributed by atoms with van der Waals surface area (Å²) in [7, 11) is 0. The second-order valence-corrected chi connectivity index (χ2v) is 4.23. The summed E-state index contributed by atoms with van der Waals surface area (Å²) >= 11 is 0. The van der Waals surface area contributed by atoms with Crippen molar-refractivity contribution in [3.63, 3.8) is 0 Å². The van der Waals surface area contributed by atoms with Crippen LogP contribution in [0.2, 0.25) is 0 Å². The predicted octanol–water partition coefficient (Wildman–Crippen LogP) is 1.78. The number of primary amides is 1. The van der Waals surface area contributed by atoms with Crippen LogP contribution in [0.4, 0.5) is 4.39 Å². The Bertz CT molecular complexity index is 612. The van der Waals surface area contributed by atoms with E-state index in [4.69, 9.17) is 5.73 Å². The van der Waals surface area contributed by atoms with Gasteiger partial charge in [-0.25, -0.2) is 4.39 Å². The van der Waals surface area contributed by atoms with Gasteiger partial charge in [-0.2, -0.15) is 0 Å². The summed E-state index contributed by atoms with van der Waals surface area (Å²) in [6.45, 7) is 0. The highest BCUT2D eigenvalue weighted by molar-refractivity contribution is 5.97. The highest BCUT2D eigenvalue weighted by atomic mass is 19.1. The summed E-state index contributed by atoms with van der Waals surface area (Å²) in [5.41, 5.74) is 6.16. The minimum atomic E-state index is -0.922. The molecule has 0 heterocycles. The molecule has 3 N–H and O–H groups in total. The molecule has 2 rings (SSSR count). The van der Waals surface area contributed by atoms with Gasteiger partial charge in [-0.05, 0) is 29.8 Å². The van der Waals surface area contributed by atoms with Crippen LogP contribution in [0.5, 0.6) is 0 Å². The van der Waals surface area contributed by atoms with E-state index in [1.807, 2.05) is 0 Å². The summed E-state index contributed by atoms with van der Waals surface area (Å²) < 4.78 is 12.8. The fourth-order valence-corrected chi connectivity index (χ4v) is 1.78. The van der Waals surface area contributed by atoms with Crippen LogP contribution in [0.1, 0.15) is 22.0 Å². The number of nitrogens with one attached hydrogen (secondary N) is 1. The molecular weight excluding hydrogens is 259 g/mol. The van der Waals surface area contributed by atoms with E-state index in [1.54, 1.807) is 30.3 Å². The fraction of sp³-hybridized carbons (Fsp3) is 0.0667. The molecule has 1 unspecified atom stereocenters. The molecule has 0 fully saturated rings. The summed E-state index contributed by atoms with van der Waals surface area (Å²) in [4.78, 5) is 23.5. The van der Waals surface area contributed by atoms with Crippen LogP contribution < -0.4 is 11.1 Å². The van der Waals surface area contributed by atoms with Gasteiger partial charge in [0.05, 0.1) is 0 Å². The minimum absolute atomic E-state index is 0.258. The molecule has 2 amide bonds. The third-order valence-corrected chi connectivity index (χ3v) is 2.80. The van der Waals surface area contributed by atoms with E-state index in [0.717, 1.165) is 0 Å². The van der Waals surface area contributed by atoms with Crippen LogP contribution in [-0.4, -0.2) is 11.8 Å². The molecule has 0 saturated heterocycles. The zero-order valence-electron chi connectivity index (χ0n) is 10.5. The van der Waals surface area contributed by atoms with Crippen LogP contribution >= 0.6 is 0 Å². The first-order valence-corrected chi connectivity index (χ1v) is 5.98. The third kappa shape index (κ3) is 3.20. The maximum atomic E-state index is 12.8. The monoisotopic (exact) mass is 272 g/mol. The van der Waals surface area contributed by atoms with E-state index in [9.17, 15) is 14.0 Å². The number of nitrogens with two attached hydrogens (primary N) is 1. The van der Waals surface area contributed by atoms with Crippen molar-refractivity contribution in [2.24, 2.45) is 5.73 Å². The Morgan fingerprint density at radius 1 is 1.00 bits per heavy atom. The second kappa shape index (κ2) is 5.97. The first-order chi connectivity index (χ1) is 9.58. The van der Waals surface area contributed by atoms with Crippen LogP contribution in [0, 0.1) is 5.82 Å². The van der Waals surface area contributed by atoms with Crippen molar-refractivity contribution in [2.75, 3.05) is 0 Å². The molecule has 4 nitrogen and oxygen atoms in total. The Kier molecular flexibility index (Phi) is 4.10. The lowest BCUT2D eigenvalue weighted by Crippen LogP contribution is -2.37. The summed E-state index contributed by atoms with van der Waals surface area (Å²) in [5, 5.41) is 2.53. The standard InChI is InChI=1S/C15H13FN2O2/c16-12-8-6-11(7-9-12)15(20)18-13(14(17)19)10-4-2-1-3-5-10/h1-9,13H,(H2,17,19)(H,18,20). The van der Waals surface area contributed by atoms with Gasteiger partial charge in [0.15, 0.2) is 0 Å². The number of hydrogen-bond donors (Lipinski definition) is 2. The predicted molar refractivity (Wildman–Crippen MR) is 72.2 cm³/mol. The summed E-state index contributed by atoms with van der Waals surface area (Å²) in [6.07, 6.45) is 0. The van der Waals surface area contributed by atoms with E-state index in [2.05, 4.69) is 5.32 Å². The van der Waals surface area contributed by atoms with Crippen molar-refractivity contribution in [2.45, 2.75) is 6.04 Å². The van der Waals surface area contributed by atoms with Crippen molar-refractivity contribution in [3.8, 4) is 0 Å². The molecule has 2 aromatic rings. The minimum Gasteiger partial charge on any atom is -0.368 e. The molecule has 0 aromatic heterocycles. The molecule has 0 aliphatic carbocycles. The van der Waals surface area contributed by atoms with Crippen LogP contribution in [-0.2, 0) is 4.79 Å². The summed E-state index contributed by atoms with van der Waals surface area (Å²) in [5.74, 6) is -1.58. The van der Waals surface area contributed by atoms with Gasteiger partial charge in [0.1, 0.15) is 11.9 Å². The maximum Gasteiger partial charge on any atom is 0.252 e. The average Bonchev–Trinajstić information content (AvgIpc) is 2.46. The van der Waals surface area contributed by atoms with E-state index >= 15 is 0 Å². The molecule has 102 valence electrons. The Labute approximate surface area is 115 Å². The Morgan fingerprint density at radius 2 is 1.60 bits per heavy atom. The van der Waals surface area contributed by atoms with Gasteiger partial charge < -0.3 is 11.1 Å². The number of hydrogen-bond acceptors (Lipinski definition) is 2. The van der Waals surface area contributed by atoms with Gasteiger partial charge >= 0.3 is 0 Å². The van der Waals surface area contributed by atoms with Crippen molar-refractivity contribution >= 4 is 11.8 Å². The zero-order chi connectivity index (χ0) is 14.5. The zero-order valence-corrected chi connectivity index (χ0v) is 10.5. The average molecular weight is 272 g/mol. The third-order valence-electron chi connectivity index (χ3n) is 2.80. The molecule has 0 bridgehead atoms. The Balaban J connectivity index is 2.19. The lowest BCUT2D eigenvalue weighted by molar-refractivity contribution is -0.120. The normalized spacial score (nSPS) is 11.7. The van der Waals surface area contributed by atoms with Crippen molar-refractivity contribution < 1.29 is 14.0 Å². The van der Waals surface area contributed by atoms with Gasteiger partial charge in [-0.3, -0.25) is 9.59 Å². The topological polar surface area (TPSA) is 72.2 Å². The number of amides is 2. The number of rotatable bonds is 4. The lowest BCUT2D eigenvalue weighted by atomic mass is 10.1. The Hall–Kier alpha value is -2.69. The van der Waals surface area contributed by atoms with Gasteiger partial charge in [-0.15, -0.1) is 0 Å². The van der Waals surface area contributed by atoms with Crippen molar-refractivity contribution in [1.29, 1.82) is 0 Å². The highest BCUT2D eigenvalue weighted by Crippen LogP contribution is 2.13. The molecule has 0 aliphatic rings. The van der Waals surface area contributed by atoms with Crippen LogP contribution in [0.3, 0.4) is 0 Å². The largest absolute Gasteiger partial charge is 0.368 e. The van der Waals surface area contributed by atoms with Crippen molar-refractivity contribution in [3.05, 3.63) is 71.5 Å². The molecular formula is C15H13FN2O2. The lowest BCUT2D eigenvalue weighted by Gasteiger charge is -2.15. The van der Waals surface area contributed by atoms with Crippen LogP contribution in [0.15, 0.2) is 54.6 Å². The smallest absolute Gasteiger partial charge is 0.252 e. The van der Waals surface area contributed by atoms with Crippen molar-refractivity contribution in [1.82, 2.24) is 5.32 Å². The number of carbonyl (C=O) groups is 2. The van der Waals surface area contributed by atoms with E-state index in [-0.39, 0.29) is 5.56 Å². The number of benzene rings is 2. The van der Waals surface area contributed by atoms with E-state index in [0.29, 0.717) is 5.56 Å². The molecule has 0 radical (unpaired) electrons. The first kappa shape index (κ1) is 13.7. The van der Waals surface area contributed by atoms with E-state index < -0.39 is 23.7 Å². The fourth-order valence-electron chi connectivity index (χ4n) is 1.78. The van der Waals surface area contributed by atoms with Gasteiger partial charge in [-0.1, -0.05) is 30.3 Å². The molecule has 20 heavy (non-hydrogen) atoms. The SMILES string of the molecule is NC(=O)C(NC(=O)c1ccc(F)cc1)c1ccccc1. The quantitative estimate of drug-likeness (QED) is 0.890. The molecule has 0 aliphatic heterocycles. The van der Waals surface area contributed by atoms with E-state index in [1.165, 1.54) is 24.3 Å². The Morgan fingerprint density at radius 3 is 2.15 bits per heavy atom. The molecule has 1 atom stereocenters. The number of halogens is 1. The van der Waals surface area contributed by atoms with Gasteiger partial charge in [0.2, 0.25) is 5.91 Å². The second-order valence-electron chi connectivity index (χ2n) is 4.23. The highest BCUT2D eigenvalue weighted by Gasteiger charge is 2.20.